The second-order valence-corrected chi connectivity index (χ2v) is 6.07. The lowest BCUT2D eigenvalue weighted by Crippen LogP contribution is -2.19. The summed E-state index contributed by atoms with van der Waals surface area (Å²) in [6.45, 7) is 16.6. The minimum atomic E-state index is 0.846. The van der Waals surface area contributed by atoms with Crippen LogP contribution in [0.15, 0.2) is 0 Å². The van der Waals surface area contributed by atoms with Crippen LogP contribution in [0.1, 0.15) is 61.3 Å². The van der Waals surface area contributed by atoms with E-state index in [9.17, 15) is 0 Å². The molecule has 2 unspecified atom stereocenters. The van der Waals surface area contributed by atoms with E-state index in [1.54, 1.807) is 0 Å². The van der Waals surface area contributed by atoms with Crippen LogP contribution < -0.4 is 0 Å². The molecule has 2 atom stereocenters. The van der Waals surface area contributed by atoms with Crippen LogP contribution in [0.2, 0.25) is 0 Å². The molecule has 0 radical (unpaired) electrons. The van der Waals surface area contributed by atoms with Crippen molar-refractivity contribution >= 4 is 0 Å². The molecular formula is C14H30. The molecule has 0 aromatic carbocycles. The Balaban J connectivity index is 3.96. The first-order valence-corrected chi connectivity index (χ1v) is 6.34. The van der Waals surface area contributed by atoms with E-state index in [0.717, 1.165) is 29.6 Å². The normalized spacial score (nSPS) is 18.6. The van der Waals surface area contributed by atoms with Gasteiger partial charge in [-0.2, -0.15) is 0 Å². The fourth-order valence-electron chi connectivity index (χ4n) is 2.48. The van der Waals surface area contributed by atoms with Crippen molar-refractivity contribution in [2.45, 2.75) is 61.3 Å². The Bertz CT molecular complexity index is 119. The average Bonchev–Trinajstić information content (AvgIpc) is 2.00. The van der Waals surface area contributed by atoms with E-state index in [0.29, 0.717) is 0 Å². The summed E-state index contributed by atoms with van der Waals surface area (Å²) in [6.07, 6.45) is 2.76. The average molecular weight is 198 g/mol. The molecule has 0 aliphatic heterocycles. The predicted octanol–water partition coefficient (Wildman–Crippen LogP) is 4.99. The summed E-state index contributed by atoms with van der Waals surface area (Å²) in [5.41, 5.74) is 0. The minimum Gasteiger partial charge on any atom is -0.0628 e. The van der Waals surface area contributed by atoms with Crippen molar-refractivity contribution in [1.82, 2.24) is 0 Å². The topological polar surface area (TPSA) is 0 Å². The van der Waals surface area contributed by atoms with Gasteiger partial charge in [-0.15, -0.1) is 0 Å². The summed E-state index contributed by atoms with van der Waals surface area (Å²) in [7, 11) is 0. The first-order chi connectivity index (χ1) is 6.34. The molecule has 0 aliphatic carbocycles. The van der Waals surface area contributed by atoms with Crippen molar-refractivity contribution in [1.29, 1.82) is 0 Å². The maximum atomic E-state index is 2.43. The van der Waals surface area contributed by atoms with E-state index >= 15 is 0 Å². The quantitative estimate of drug-likeness (QED) is 0.564. The van der Waals surface area contributed by atoms with E-state index in [4.69, 9.17) is 0 Å². The van der Waals surface area contributed by atoms with Crippen LogP contribution in [0.4, 0.5) is 0 Å². The third-order valence-electron chi connectivity index (χ3n) is 3.48. The molecule has 0 saturated heterocycles. The van der Waals surface area contributed by atoms with Crippen molar-refractivity contribution in [3.05, 3.63) is 0 Å². The molecule has 0 fully saturated rings. The Hall–Kier alpha value is 0. The monoisotopic (exact) mass is 198 g/mol. The molecule has 0 nitrogen and oxygen atoms in total. The van der Waals surface area contributed by atoms with Gasteiger partial charge in [0, 0.05) is 0 Å². The van der Waals surface area contributed by atoms with Gasteiger partial charge in [0.2, 0.25) is 0 Å². The largest absolute Gasteiger partial charge is 0.0628 e. The van der Waals surface area contributed by atoms with Crippen LogP contribution in [0.25, 0.3) is 0 Å². The first-order valence-electron chi connectivity index (χ1n) is 6.34. The Morgan fingerprint density at radius 3 is 1.07 bits per heavy atom. The van der Waals surface area contributed by atoms with E-state index in [-0.39, 0.29) is 0 Å². The third kappa shape index (κ3) is 5.67. The molecule has 0 heteroatoms. The summed E-state index contributed by atoms with van der Waals surface area (Å²) < 4.78 is 0. The molecule has 0 N–H and O–H groups in total. The van der Waals surface area contributed by atoms with Gasteiger partial charge in [-0.05, 0) is 42.4 Å². The molecule has 0 spiro atoms. The Morgan fingerprint density at radius 1 is 0.571 bits per heavy atom. The summed E-state index contributed by atoms with van der Waals surface area (Å²) in [5.74, 6) is 4.32. The van der Waals surface area contributed by atoms with Gasteiger partial charge in [-0.1, -0.05) is 48.5 Å². The van der Waals surface area contributed by atoms with Crippen LogP contribution in [0.3, 0.4) is 0 Å². The van der Waals surface area contributed by atoms with Gasteiger partial charge >= 0.3 is 0 Å². The van der Waals surface area contributed by atoms with Crippen molar-refractivity contribution in [2.75, 3.05) is 0 Å². The summed E-state index contributed by atoms with van der Waals surface area (Å²) >= 11 is 0. The van der Waals surface area contributed by atoms with Gasteiger partial charge < -0.3 is 0 Å². The van der Waals surface area contributed by atoms with Crippen molar-refractivity contribution in [3.8, 4) is 0 Å². The number of hydrogen-bond donors (Lipinski definition) is 0. The van der Waals surface area contributed by atoms with Gasteiger partial charge in [0.05, 0.1) is 0 Å². The molecule has 0 aromatic heterocycles. The molecule has 14 heavy (non-hydrogen) atoms. The molecule has 86 valence electrons. The standard InChI is InChI=1S/C14H30/c1-10(2)8-12(5)14(7)13(6)9-11(3)4/h10-14H,8-9H2,1-7H3. The lowest BCUT2D eigenvalue weighted by atomic mass is 9.78. The Labute approximate surface area is 91.5 Å². The van der Waals surface area contributed by atoms with Crippen LogP contribution >= 0.6 is 0 Å². The smallest absolute Gasteiger partial charge is 0.0391 e. The lowest BCUT2D eigenvalue weighted by Gasteiger charge is -2.28. The zero-order valence-electron chi connectivity index (χ0n) is 11.3. The van der Waals surface area contributed by atoms with Crippen LogP contribution in [-0.2, 0) is 0 Å². The van der Waals surface area contributed by atoms with Crippen LogP contribution in [0, 0.1) is 29.6 Å². The van der Waals surface area contributed by atoms with E-state index < -0.39 is 0 Å². The highest BCUT2D eigenvalue weighted by atomic mass is 14.3. The highest BCUT2D eigenvalue weighted by molar-refractivity contribution is 4.70. The molecule has 0 saturated carbocycles. The second-order valence-electron chi connectivity index (χ2n) is 6.07. The van der Waals surface area contributed by atoms with Crippen molar-refractivity contribution < 1.29 is 0 Å². The van der Waals surface area contributed by atoms with Crippen LogP contribution in [-0.4, -0.2) is 0 Å². The molecule has 0 aliphatic rings. The molecule has 0 amide bonds. The molecule has 0 bridgehead atoms. The second kappa shape index (κ2) is 6.48. The van der Waals surface area contributed by atoms with Crippen molar-refractivity contribution in [3.63, 3.8) is 0 Å². The summed E-state index contributed by atoms with van der Waals surface area (Å²) in [5, 5.41) is 0. The molecule has 0 aromatic rings. The first kappa shape index (κ1) is 14.0. The molecule has 0 heterocycles. The van der Waals surface area contributed by atoms with E-state index in [2.05, 4.69) is 48.5 Å². The summed E-state index contributed by atoms with van der Waals surface area (Å²) in [6, 6.07) is 0. The predicted molar refractivity (Wildman–Crippen MR) is 66.4 cm³/mol. The Morgan fingerprint density at radius 2 is 0.857 bits per heavy atom. The molecule has 0 rings (SSSR count). The van der Waals surface area contributed by atoms with Crippen LogP contribution in [0.5, 0.6) is 0 Å². The SMILES string of the molecule is CC(C)CC(C)C(C)C(C)CC(C)C. The zero-order chi connectivity index (χ0) is 11.3. The Kier molecular flexibility index (Phi) is 6.48. The van der Waals surface area contributed by atoms with Gasteiger partial charge in [0.1, 0.15) is 0 Å². The van der Waals surface area contributed by atoms with E-state index in [1.165, 1.54) is 12.8 Å². The highest BCUT2D eigenvalue weighted by Gasteiger charge is 2.20. The fourth-order valence-corrected chi connectivity index (χ4v) is 2.48. The maximum Gasteiger partial charge on any atom is -0.0391 e. The minimum absolute atomic E-state index is 0.846. The number of rotatable bonds is 6. The van der Waals surface area contributed by atoms with E-state index in [1.807, 2.05) is 0 Å². The lowest BCUT2D eigenvalue weighted by molar-refractivity contribution is 0.220. The number of hydrogen-bond acceptors (Lipinski definition) is 0. The van der Waals surface area contributed by atoms with Gasteiger partial charge in [0.15, 0.2) is 0 Å². The zero-order valence-corrected chi connectivity index (χ0v) is 11.3. The third-order valence-corrected chi connectivity index (χ3v) is 3.48. The fraction of sp³-hybridized carbons (Fsp3) is 1.00. The van der Waals surface area contributed by atoms with Gasteiger partial charge in [-0.3, -0.25) is 0 Å². The van der Waals surface area contributed by atoms with Gasteiger partial charge in [-0.25, -0.2) is 0 Å². The van der Waals surface area contributed by atoms with Gasteiger partial charge in [0.25, 0.3) is 0 Å². The molecular weight excluding hydrogens is 168 g/mol. The maximum absolute atomic E-state index is 2.43. The highest BCUT2D eigenvalue weighted by Crippen LogP contribution is 2.29. The summed E-state index contributed by atoms with van der Waals surface area (Å²) in [4.78, 5) is 0. The van der Waals surface area contributed by atoms with Crippen molar-refractivity contribution in [2.24, 2.45) is 29.6 Å².